The maximum absolute atomic E-state index is 15.0. The standard InChI is InChI=1S/C19H14FN5O3S/c20-16-12(17(26)13-9-22-19-15(13)18(21)23-10-24-19)7-4-8-14(16)25-29(27,28)11-5-2-1-3-6-11/h1-10,25H,(H3,21,22,23,24). The molecule has 0 saturated heterocycles. The van der Waals surface area contributed by atoms with E-state index in [9.17, 15) is 13.2 Å². The zero-order valence-electron chi connectivity index (χ0n) is 14.8. The molecule has 4 aromatic rings. The lowest BCUT2D eigenvalue weighted by atomic mass is 10.0. The highest BCUT2D eigenvalue weighted by atomic mass is 32.2. The van der Waals surface area contributed by atoms with E-state index in [4.69, 9.17) is 5.73 Å². The van der Waals surface area contributed by atoms with Gasteiger partial charge >= 0.3 is 0 Å². The summed E-state index contributed by atoms with van der Waals surface area (Å²) in [6, 6.07) is 11.4. The van der Waals surface area contributed by atoms with Crippen LogP contribution in [0.2, 0.25) is 0 Å². The summed E-state index contributed by atoms with van der Waals surface area (Å²) >= 11 is 0. The number of sulfonamides is 1. The lowest BCUT2D eigenvalue weighted by Crippen LogP contribution is -2.15. The van der Waals surface area contributed by atoms with E-state index in [1.165, 1.54) is 42.9 Å². The number of ketones is 1. The monoisotopic (exact) mass is 411 g/mol. The number of nitrogens with zero attached hydrogens (tertiary/aromatic N) is 2. The smallest absolute Gasteiger partial charge is 0.261 e. The van der Waals surface area contributed by atoms with Crippen LogP contribution in [0.5, 0.6) is 0 Å². The molecule has 0 fully saturated rings. The van der Waals surface area contributed by atoms with Gasteiger partial charge in [-0.1, -0.05) is 24.3 Å². The third-order valence-corrected chi connectivity index (χ3v) is 5.67. The highest BCUT2D eigenvalue weighted by molar-refractivity contribution is 7.92. The van der Waals surface area contributed by atoms with Crippen LogP contribution < -0.4 is 10.5 Å². The summed E-state index contributed by atoms with van der Waals surface area (Å²) < 4.78 is 42.2. The topological polar surface area (TPSA) is 131 Å². The highest BCUT2D eigenvalue weighted by Gasteiger charge is 2.23. The minimum atomic E-state index is -4.02. The van der Waals surface area contributed by atoms with Gasteiger partial charge in [0.05, 0.1) is 27.1 Å². The molecule has 0 bridgehead atoms. The number of halogens is 1. The molecular weight excluding hydrogens is 397 g/mol. The molecule has 10 heteroatoms. The minimum absolute atomic E-state index is 0.0299. The van der Waals surface area contributed by atoms with Gasteiger partial charge in [0.1, 0.15) is 17.8 Å². The van der Waals surface area contributed by atoms with Gasteiger partial charge in [-0.3, -0.25) is 9.52 Å². The Bertz CT molecular complexity index is 1340. The van der Waals surface area contributed by atoms with Gasteiger partial charge in [0, 0.05) is 6.20 Å². The van der Waals surface area contributed by atoms with Gasteiger partial charge in [0.25, 0.3) is 10.0 Å². The van der Waals surface area contributed by atoms with E-state index in [1.807, 2.05) is 0 Å². The van der Waals surface area contributed by atoms with Crippen molar-refractivity contribution in [2.45, 2.75) is 4.90 Å². The summed E-state index contributed by atoms with van der Waals surface area (Å²) in [6.07, 6.45) is 2.60. The Labute approximate surface area is 164 Å². The second kappa shape index (κ2) is 6.99. The van der Waals surface area contributed by atoms with Gasteiger partial charge in [-0.25, -0.2) is 22.8 Å². The zero-order valence-corrected chi connectivity index (χ0v) is 15.6. The number of benzene rings is 2. The number of fused-ring (bicyclic) bond motifs is 1. The Morgan fingerprint density at radius 2 is 1.79 bits per heavy atom. The molecule has 2 aromatic carbocycles. The summed E-state index contributed by atoms with van der Waals surface area (Å²) in [5, 5.41) is 0.271. The van der Waals surface area contributed by atoms with E-state index in [0.29, 0.717) is 5.65 Å². The number of H-pyrrole nitrogens is 1. The van der Waals surface area contributed by atoms with Gasteiger partial charge < -0.3 is 10.7 Å². The number of anilines is 2. The average molecular weight is 411 g/mol. The van der Waals surface area contributed by atoms with E-state index in [-0.39, 0.29) is 32.9 Å². The van der Waals surface area contributed by atoms with E-state index >= 15 is 4.39 Å². The van der Waals surface area contributed by atoms with Crippen molar-refractivity contribution in [1.82, 2.24) is 15.0 Å². The zero-order chi connectivity index (χ0) is 20.6. The van der Waals surface area contributed by atoms with Crippen LogP contribution in [0.25, 0.3) is 11.0 Å². The highest BCUT2D eigenvalue weighted by Crippen LogP contribution is 2.27. The molecule has 0 aliphatic rings. The first-order chi connectivity index (χ1) is 13.9. The number of rotatable bonds is 5. The molecule has 2 heterocycles. The Balaban J connectivity index is 1.74. The Hall–Kier alpha value is -3.79. The Kier molecular flexibility index (Phi) is 4.47. The van der Waals surface area contributed by atoms with E-state index in [1.54, 1.807) is 18.2 Å². The second-order valence-electron chi connectivity index (χ2n) is 6.10. The van der Waals surface area contributed by atoms with Crippen molar-refractivity contribution in [2.24, 2.45) is 0 Å². The molecule has 2 aromatic heterocycles. The molecule has 0 atom stereocenters. The summed E-state index contributed by atoms with van der Waals surface area (Å²) in [6.45, 7) is 0. The van der Waals surface area contributed by atoms with Crippen LogP contribution in [0.4, 0.5) is 15.9 Å². The maximum Gasteiger partial charge on any atom is 0.261 e. The van der Waals surface area contributed by atoms with Gasteiger partial charge in [-0.2, -0.15) is 0 Å². The normalized spacial score (nSPS) is 11.5. The quantitative estimate of drug-likeness (QED) is 0.433. The van der Waals surface area contributed by atoms with Crippen molar-refractivity contribution in [3.63, 3.8) is 0 Å². The van der Waals surface area contributed by atoms with E-state index < -0.39 is 21.6 Å². The van der Waals surface area contributed by atoms with Crippen molar-refractivity contribution >= 4 is 38.3 Å². The number of nitrogens with two attached hydrogens (primary N) is 1. The largest absolute Gasteiger partial charge is 0.383 e. The molecule has 0 saturated carbocycles. The number of nitrogens with one attached hydrogen (secondary N) is 2. The molecule has 4 rings (SSSR count). The van der Waals surface area contributed by atoms with Crippen LogP contribution in [-0.2, 0) is 10.0 Å². The summed E-state index contributed by atoms with van der Waals surface area (Å²) in [5.74, 6) is -1.61. The number of nitrogen functional groups attached to an aromatic ring is 1. The molecule has 0 unspecified atom stereocenters. The molecule has 29 heavy (non-hydrogen) atoms. The first kappa shape index (κ1) is 18.6. The second-order valence-corrected chi connectivity index (χ2v) is 7.78. The molecule has 146 valence electrons. The molecule has 0 spiro atoms. The molecule has 0 radical (unpaired) electrons. The summed E-state index contributed by atoms with van der Waals surface area (Å²) in [4.78, 5) is 23.5. The van der Waals surface area contributed by atoms with Crippen molar-refractivity contribution in [3.8, 4) is 0 Å². The molecule has 0 aliphatic carbocycles. The SMILES string of the molecule is Nc1ncnc2[nH]cc(C(=O)c3cccc(NS(=O)(=O)c4ccccc4)c3F)c12. The lowest BCUT2D eigenvalue weighted by molar-refractivity contribution is 0.103. The number of hydrogen-bond acceptors (Lipinski definition) is 6. The van der Waals surface area contributed by atoms with Crippen LogP contribution in [-0.4, -0.2) is 29.2 Å². The van der Waals surface area contributed by atoms with Crippen molar-refractivity contribution < 1.29 is 17.6 Å². The van der Waals surface area contributed by atoms with Crippen LogP contribution in [0.3, 0.4) is 0 Å². The van der Waals surface area contributed by atoms with Crippen LogP contribution >= 0.6 is 0 Å². The molecule has 8 nitrogen and oxygen atoms in total. The van der Waals surface area contributed by atoms with Crippen LogP contribution in [0.1, 0.15) is 15.9 Å². The lowest BCUT2D eigenvalue weighted by Gasteiger charge is -2.11. The number of hydrogen-bond donors (Lipinski definition) is 3. The van der Waals surface area contributed by atoms with E-state index in [2.05, 4.69) is 19.7 Å². The summed E-state index contributed by atoms with van der Waals surface area (Å²) in [5.41, 5.74) is 5.58. The van der Waals surface area contributed by atoms with Crippen molar-refractivity contribution in [1.29, 1.82) is 0 Å². The number of carbonyl (C=O) groups excluding carboxylic acids is 1. The number of aromatic amines is 1. The van der Waals surface area contributed by atoms with Gasteiger partial charge in [0.2, 0.25) is 0 Å². The molecule has 4 N–H and O–H groups in total. The van der Waals surface area contributed by atoms with Gasteiger partial charge in [-0.05, 0) is 24.3 Å². The fraction of sp³-hybridized carbons (Fsp3) is 0. The van der Waals surface area contributed by atoms with Crippen molar-refractivity contribution in [2.75, 3.05) is 10.5 Å². The van der Waals surface area contributed by atoms with Gasteiger partial charge in [-0.15, -0.1) is 0 Å². The Morgan fingerprint density at radius 3 is 2.55 bits per heavy atom. The van der Waals surface area contributed by atoms with Gasteiger partial charge in [0.15, 0.2) is 11.6 Å². The fourth-order valence-electron chi connectivity index (χ4n) is 2.90. The molecular formula is C19H14FN5O3S. The first-order valence-corrected chi connectivity index (χ1v) is 9.85. The van der Waals surface area contributed by atoms with Crippen LogP contribution in [0, 0.1) is 5.82 Å². The fourth-order valence-corrected chi connectivity index (χ4v) is 3.98. The van der Waals surface area contributed by atoms with Crippen LogP contribution in [0.15, 0.2) is 66.0 Å². The number of aromatic nitrogens is 3. The third kappa shape index (κ3) is 3.29. The molecule has 0 aliphatic heterocycles. The predicted molar refractivity (Wildman–Crippen MR) is 105 cm³/mol. The van der Waals surface area contributed by atoms with E-state index in [0.717, 1.165) is 0 Å². The van der Waals surface area contributed by atoms with Crippen molar-refractivity contribution in [3.05, 3.63) is 78.0 Å². The predicted octanol–water partition coefficient (Wildman–Crippen LogP) is 2.71. The molecule has 0 amide bonds. The third-order valence-electron chi connectivity index (χ3n) is 4.28. The number of carbonyl (C=O) groups is 1. The minimum Gasteiger partial charge on any atom is -0.383 e. The Morgan fingerprint density at radius 1 is 1.03 bits per heavy atom. The summed E-state index contributed by atoms with van der Waals surface area (Å²) in [7, 11) is -4.02. The first-order valence-electron chi connectivity index (χ1n) is 8.37. The maximum atomic E-state index is 15.0. The average Bonchev–Trinajstić information content (AvgIpc) is 3.15.